The molecule has 2 unspecified atom stereocenters. The Morgan fingerprint density at radius 3 is 3.05 bits per heavy atom. The molecular weight excluding hydrogens is 256 g/mol. The van der Waals surface area contributed by atoms with Crippen LogP contribution < -0.4 is 10.5 Å². The fourth-order valence-electron chi connectivity index (χ4n) is 2.38. The van der Waals surface area contributed by atoms with Crippen LogP contribution in [-0.2, 0) is 11.3 Å². The van der Waals surface area contributed by atoms with Gasteiger partial charge in [-0.15, -0.1) is 0 Å². The van der Waals surface area contributed by atoms with E-state index in [1.54, 1.807) is 6.07 Å². The average molecular weight is 280 g/mol. The molecule has 2 rings (SSSR count). The van der Waals surface area contributed by atoms with E-state index in [2.05, 4.69) is 4.90 Å². The van der Waals surface area contributed by atoms with Gasteiger partial charge in [-0.2, -0.15) is 0 Å². The first-order valence-electron chi connectivity index (χ1n) is 7.14. The molecular formula is C15H24N2O3. The van der Waals surface area contributed by atoms with Crippen molar-refractivity contribution in [1.82, 2.24) is 4.90 Å². The lowest BCUT2D eigenvalue weighted by molar-refractivity contribution is -0.0403. The Morgan fingerprint density at radius 2 is 2.35 bits per heavy atom. The minimum Gasteiger partial charge on any atom is -0.504 e. The van der Waals surface area contributed by atoms with Gasteiger partial charge in [-0.1, -0.05) is 6.07 Å². The Hall–Kier alpha value is -1.30. The van der Waals surface area contributed by atoms with Crippen molar-refractivity contribution < 1.29 is 14.6 Å². The van der Waals surface area contributed by atoms with E-state index in [1.807, 2.05) is 26.0 Å². The van der Waals surface area contributed by atoms with Crippen molar-refractivity contribution in [2.45, 2.75) is 32.5 Å². The number of nitrogens with zero attached hydrogens (tertiary/aromatic N) is 1. The number of hydrogen-bond donors (Lipinski definition) is 2. The second kappa shape index (κ2) is 6.92. The summed E-state index contributed by atoms with van der Waals surface area (Å²) in [5.74, 6) is 0.730. The van der Waals surface area contributed by atoms with E-state index < -0.39 is 0 Å². The number of rotatable bonds is 5. The number of hydrogen-bond acceptors (Lipinski definition) is 5. The molecule has 0 spiro atoms. The minimum absolute atomic E-state index is 0.0385. The molecule has 1 aliphatic heterocycles. The third-order valence-corrected chi connectivity index (χ3v) is 3.49. The zero-order valence-electron chi connectivity index (χ0n) is 12.2. The number of phenols is 1. The third kappa shape index (κ3) is 3.85. The van der Waals surface area contributed by atoms with Crippen molar-refractivity contribution in [3.05, 3.63) is 23.8 Å². The quantitative estimate of drug-likeness (QED) is 0.852. The van der Waals surface area contributed by atoms with E-state index in [1.165, 1.54) is 0 Å². The summed E-state index contributed by atoms with van der Waals surface area (Å²) < 4.78 is 11.1. The highest BCUT2D eigenvalue weighted by Gasteiger charge is 2.23. The summed E-state index contributed by atoms with van der Waals surface area (Å²) in [6.07, 6.45) is 0.0900. The molecule has 1 heterocycles. The monoisotopic (exact) mass is 280 g/mol. The first kappa shape index (κ1) is 15.1. The molecule has 1 fully saturated rings. The highest BCUT2D eigenvalue weighted by molar-refractivity contribution is 5.41. The van der Waals surface area contributed by atoms with Gasteiger partial charge in [0.15, 0.2) is 11.5 Å². The molecule has 0 aliphatic carbocycles. The molecule has 5 heteroatoms. The zero-order chi connectivity index (χ0) is 14.5. The normalized spacial score (nSPS) is 21.6. The SMILES string of the molecule is CCOc1cc(CN2CCOC(C(C)N)C2)ccc1O. The Balaban J connectivity index is 2.00. The van der Waals surface area contributed by atoms with Crippen LogP contribution in [0, 0.1) is 0 Å². The maximum absolute atomic E-state index is 9.71. The Kier molecular flexibility index (Phi) is 5.23. The van der Waals surface area contributed by atoms with E-state index in [0.717, 1.165) is 25.2 Å². The molecule has 1 aliphatic rings. The Labute approximate surface area is 120 Å². The summed E-state index contributed by atoms with van der Waals surface area (Å²) in [4.78, 5) is 2.32. The van der Waals surface area contributed by atoms with Crippen LogP contribution in [0.4, 0.5) is 0 Å². The maximum atomic E-state index is 9.71. The Bertz CT molecular complexity index is 437. The predicted molar refractivity (Wildman–Crippen MR) is 77.9 cm³/mol. The lowest BCUT2D eigenvalue weighted by Crippen LogP contribution is -2.49. The molecule has 0 bridgehead atoms. The number of phenolic OH excluding ortho intramolecular Hbond substituents is 1. The van der Waals surface area contributed by atoms with Gasteiger partial charge < -0.3 is 20.3 Å². The lowest BCUT2D eigenvalue weighted by Gasteiger charge is -2.34. The van der Waals surface area contributed by atoms with Crippen molar-refractivity contribution >= 4 is 0 Å². The van der Waals surface area contributed by atoms with Gasteiger partial charge in [0.1, 0.15) is 0 Å². The lowest BCUT2D eigenvalue weighted by atomic mass is 10.1. The van der Waals surface area contributed by atoms with Gasteiger partial charge in [0, 0.05) is 25.7 Å². The molecule has 0 aromatic heterocycles. The third-order valence-electron chi connectivity index (χ3n) is 3.49. The van der Waals surface area contributed by atoms with Crippen molar-refractivity contribution in [1.29, 1.82) is 0 Å². The second-order valence-electron chi connectivity index (χ2n) is 5.24. The fourth-order valence-corrected chi connectivity index (χ4v) is 2.38. The van der Waals surface area contributed by atoms with Gasteiger partial charge in [-0.25, -0.2) is 0 Å². The predicted octanol–water partition coefficient (Wildman–Crippen LogP) is 1.34. The zero-order valence-corrected chi connectivity index (χ0v) is 12.2. The van der Waals surface area contributed by atoms with Crippen LogP contribution in [-0.4, -0.2) is 48.5 Å². The summed E-state index contributed by atoms with van der Waals surface area (Å²) in [6, 6.07) is 5.55. The van der Waals surface area contributed by atoms with E-state index in [0.29, 0.717) is 19.0 Å². The van der Waals surface area contributed by atoms with Crippen LogP contribution in [0.3, 0.4) is 0 Å². The summed E-state index contributed by atoms with van der Waals surface area (Å²) in [5, 5.41) is 9.71. The van der Waals surface area contributed by atoms with E-state index in [-0.39, 0.29) is 17.9 Å². The van der Waals surface area contributed by atoms with Gasteiger partial charge in [-0.3, -0.25) is 4.90 Å². The number of morpholine rings is 1. The van der Waals surface area contributed by atoms with E-state index in [9.17, 15) is 5.11 Å². The first-order valence-corrected chi connectivity index (χ1v) is 7.14. The van der Waals surface area contributed by atoms with Crippen molar-refractivity contribution in [2.24, 2.45) is 5.73 Å². The molecule has 112 valence electrons. The fraction of sp³-hybridized carbons (Fsp3) is 0.600. The Morgan fingerprint density at radius 1 is 1.55 bits per heavy atom. The number of nitrogens with two attached hydrogens (primary N) is 1. The molecule has 2 atom stereocenters. The summed E-state index contributed by atoms with van der Waals surface area (Å²) >= 11 is 0. The average Bonchev–Trinajstić information content (AvgIpc) is 2.43. The van der Waals surface area contributed by atoms with Crippen LogP contribution in [0.1, 0.15) is 19.4 Å². The topological polar surface area (TPSA) is 68.0 Å². The van der Waals surface area contributed by atoms with Crippen LogP contribution in [0.2, 0.25) is 0 Å². The van der Waals surface area contributed by atoms with Crippen molar-refractivity contribution in [3.8, 4) is 11.5 Å². The highest BCUT2D eigenvalue weighted by atomic mass is 16.5. The smallest absolute Gasteiger partial charge is 0.161 e. The largest absolute Gasteiger partial charge is 0.504 e. The maximum Gasteiger partial charge on any atom is 0.161 e. The molecule has 1 aromatic carbocycles. The van der Waals surface area contributed by atoms with Crippen LogP contribution >= 0.6 is 0 Å². The van der Waals surface area contributed by atoms with Gasteiger partial charge in [0.25, 0.3) is 0 Å². The summed E-state index contributed by atoms with van der Waals surface area (Å²) in [5.41, 5.74) is 7.02. The standard InChI is InChI=1S/C15H24N2O3/c1-3-19-14-8-12(4-5-13(14)18)9-17-6-7-20-15(10-17)11(2)16/h4-5,8,11,15,18H,3,6-7,9-10,16H2,1-2H3. The number of aromatic hydroxyl groups is 1. The van der Waals surface area contributed by atoms with Crippen LogP contribution in [0.5, 0.6) is 11.5 Å². The van der Waals surface area contributed by atoms with Gasteiger partial charge in [-0.05, 0) is 31.5 Å². The summed E-state index contributed by atoms with van der Waals surface area (Å²) in [7, 11) is 0. The molecule has 20 heavy (non-hydrogen) atoms. The van der Waals surface area contributed by atoms with E-state index >= 15 is 0 Å². The van der Waals surface area contributed by atoms with Crippen LogP contribution in [0.25, 0.3) is 0 Å². The number of ether oxygens (including phenoxy) is 2. The van der Waals surface area contributed by atoms with E-state index in [4.69, 9.17) is 15.2 Å². The van der Waals surface area contributed by atoms with Gasteiger partial charge in [0.05, 0.1) is 19.3 Å². The number of benzene rings is 1. The van der Waals surface area contributed by atoms with Gasteiger partial charge in [0.2, 0.25) is 0 Å². The molecule has 5 nitrogen and oxygen atoms in total. The molecule has 3 N–H and O–H groups in total. The van der Waals surface area contributed by atoms with Crippen LogP contribution in [0.15, 0.2) is 18.2 Å². The molecule has 0 radical (unpaired) electrons. The molecule has 0 saturated carbocycles. The molecule has 1 aromatic rings. The first-order chi connectivity index (χ1) is 9.60. The van der Waals surface area contributed by atoms with Crippen molar-refractivity contribution in [2.75, 3.05) is 26.3 Å². The van der Waals surface area contributed by atoms with Crippen molar-refractivity contribution in [3.63, 3.8) is 0 Å². The summed E-state index contributed by atoms with van der Waals surface area (Å²) in [6.45, 7) is 7.68. The second-order valence-corrected chi connectivity index (χ2v) is 5.24. The highest BCUT2D eigenvalue weighted by Crippen LogP contribution is 2.27. The molecule has 1 saturated heterocycles. The molecule has 0 amide bonds. The minimum atomic E-state index is 0.0385. The van der Waals surface area contributed by atoms with Gasteiger partial charge >= 0.3 is 0 Å².